The van der Waals surface area contributed by atoms with E-state index in [9.17, 15) is 9.18 Å². The molecular weight excluding hydrogens is 423 g/mol. The molecule has 0 atom stereocenters. The number of benzene rings is 3. The van der Waals surface area contributed by atoms with E-state index in [4.69, 9.17) is 14.5 Å². The molecule has 0 aromatic heterocycles. The Bertz CT molecular complexity index is 1220. The molecule has 0 radical (unpaired) electrons. The summed E-state index contributed by atoms with van der Waals surface area (Å²) in [4.78, 5) is 21.5. The van der Waals surface area contributed by atoms with Gasteiger partial charge in [-0.15, -0.1) is 0 Å². The van der Waals surface area contributed by atoms with Crippen LogP contribution in [0.4, 0.5) is 20.6 Å². The average molecular weight is 446 g/mol. The highest BCUT2D eigenvalue weighted by atomic mass is 19.1. The molecule has 1 saturated heterocycles. The average Bonchev–Trinajstić information content (AvgIpc) is 3.01. The van der Waals surface area contributed by atoms with E-state index in [2.05, 4.69) is 10.2 Å². The number of hydrogen-bond donors (Lipinski definition) is 1. The fourth-order valence-corrected chi connectivity index (χ4v) is 4.01. The molecule has 3 aromatic carbocycles. The summed E-state index contributed by atoms with van der Waals surface area (Å²) in [6, 6.07) is 19.0. The van der Waals surface area contributed by atoms with E-state index < -0.39 is 0 Å². The maximum atomic E-state index is 13.4. The number of carbonyl (C=O) groups excluding carboxylic acids is 1. The normalized spacial score (nSPS) is 14.9. The smallest absolute Gasteiger partial charge is 0.321 e. The van der Waals surface area contributed by atoms with Gasteiger partial charge in [0.2, 0.25) is 0 Å². The number of para-hydroxylation sites is 3. The number of rotatable bonds is 2. The van der Waals surface area contributed by atoms with Gasteiger partial charge in [0.1, 0.15) is 17.3 Å². The van der Waals surface area contributed by atoms with Gasteiger partial charge in [0.05, 0.1) is 12.7 Å². The van der Waals surface area contributed by atoms with Crippen LogP contribution in [0.5, 0.6) is 17.2 Å². The van der Waals surface area contributed by atoms with Gasteiger partial charge in [0, 0.05) is 31.9 Å². The summed E-state index contributed by atoms with van der Waals surface area (Å²) in [6.45, 7) is 2.19. The van der Waals surface area contributed by atoms with Gasteiger partial charge < -0.3 is 24.6 Å². The SMILES string of the molecule is COc1cccc2c1Oc1ccccc1N=C2N1CCN(C(=O)Nc2cccc(F)c2)CC1. The number of fused-ring (bicyclic) bond motifs is 2. The molecule has 2 aliphatic heterocycles. The topological polar surface area (TPSA) is 66.4 Å². The first-order chi connectivity index (χ1) is 16.1. The van der Waals surface area contributed by atoms with Gasteiger partial charge in [-0.25, -0.2) is 14.2 Å². The number of ether oxygens (including phenoxy) is 2. The molecule has 2 amide bonds. The highest BCUT2D eigenvalue weighted by molar-refractivity contribution is 6.04. The van der Waals surface area contributed by atoms with Crippen molar-refractivity contribution < 1.29 is 18.7 Å². The Hall–Kier alpha value is -4.07. The highest BCUT2D eigenvalue weighted by Gasteiger charge is 2.29. The van der Waals surface area contributed by atoms with E-state index >= 15 is 0 Å². The summed E-state index contributed by atoms with van der Waals surface area (Å²) in [6.07, 6.45) is 0. The Morgan fingerprint density at radius 3 is 2.61 bits per heavy atom. The molecule has 0 spiro atoms. The van der Waals surface area contributed by atoms with Crippen molar-refractivity contribution in [3.63, 3.8) is 0 Å². The number of nitrogens with zero attached hydrogens (tertiary/aromatic N) is 3. The third kappa shape index (κ3) is 4.19. The van der Waals surface area contributed by atoms with Crippen LogP contribution in [0.15, 0.2) is 71.7 Å². The van der Waals surface area contributed by atoms with Crippen LogP contribution in [-0.2, 0) is 0 Å². The summed E-state index contributed by atoms with van der Waals surface area (Å²) in [5.74, 6) is 2.30. The molecule has 33 heavy (non-hydrogen) atoms. The number of carbonyl (C=O) groups is 1. The van der Waals surface area contributed by atoms with E-state index in [1.165, 1.54) is 12.1 Å². The Balaban J connectivity index is 1.38. The van der Waals surface area contributed by atoms with Crippen LogP contribution in [0.3, 0.4) is 0 Å². The van der Waals surface area contributed by atoms with Gasteiger partial charge in [-0.2, -0.15) is 0 Å². The van der Waals surface area contributed by atoms with Crippen LogP contribution in [-0.4, -0.2) is 55.0 Å². The monoisotopic (exact) mass is 446 g/mol. The lowest BCUT2D eigenvalue weighted by atomic mass is 10.1. The molecule has 1 fully saturated rings. The van der Waals surface area contributed by atoms with Crippen molar-refractivity contribution in [3.05, 3.63) is 78.1 Å². The largest absolute Gasteiger partial charge is 0.493 e. The number of amides is 2. The molecule has 168 valence electrons. The number of nitrogens with one attached hydrogen (secondary N) is 1. The molecule has 8 heteroatoms. The first-order valence-electron chi connectivity index (χ1n) is 10.7. The number of urea groups is 1. The quantitative estimate of drug-likeness (QED) is 0.610. The lowest BCUT2D eigenvalue weighted by Gasteiger charge is -2.36. The lowest BCUT2D eigenvalue weighted by Crippen LogP contribution is -2.51. The summed E-state index contributed by atoms with van der Waals surface area (Å²) < 4.78 is 25.2. The fraction of sp³-hybridized carbons (Fsp3) is 0.200. The first-order valence-corrected chi connectivity index (χ1v) is 10.7. The molecule has 2 heterocycles. The van der Waals surface area contributed by atoms with Gasteiger partial charge in [0.25, 0.3) is 0 Å². The van der Waals surface area contributed by atoms with Gasteiger partial charge in [-0.05, 0) is 42.5 Å². The van der Waals surface area contributed by atoms with E-state index in [-0.39, 0.29) is 11.8 Å². The molecule has 2 aliphatic rings. The number of aliphatic imine (C=N–C) groups is 1. The van der Waals surface area contributed by atoms with Crippen LogP contribution in [0.1, 0.15) is 5.56 Å². The molecule has 0 aliphatic carbocycles. The van der Waals surface area contributed by atoms with Crippen LogP contribution in [0.2, 0.25) is 0 Å². The predicted octanol–water partition coefficient (Wildman–Crippen LogP) is 4.87. The minimum absolute atomic E-state index is 0.251. The second-order valence-electron chi connectivity index (χ2n) is 7.76. The van der Waals surface area contributed by atoms with Crippen molar-refractivity contribution in [2.75, 3.05) is 38.6 Å². The molecule has 7 nitrogen and oxygen atoms in total. The fourth-order valence-electron chi connectivity index (χ4n) is 4.01. The maximum Gasteiger partial charge on any atom is 0.321 e. The van der Waals surface area contributed by atoms with Gasteiger partial charge >= 0.3 is 6.03 Å². The third-order valence-corrected chi connectivity index (χ3v) is 5.69. The number of methoxy groups -OCH3 is 1. The molecule has 0 unspecified atom stereocenters. The van der Waals surface area contributed by atoms with Crippen molar-refractivity contribution in [2.45, 2.75) is 0 Å². The Kier molecular flexibility index (Phi) is 5.56. The summed E-state index contributed by atoms with van der Waals surface area (Å²) >= 11 is 0. The van der Waals surface area contributed by atoms with Gasteiger partial charge in [-0.3, -0.25) is 0 Å². The zero-order valence-electron chi connectivity index (χ0n) is 18.1. The molecule has 5 rings (SSSR count). The molecule has 1 N–H and O–H groups in total. The van der Waals surface area contributed by atoms with Crippen molar-refractivity contribution >= 4 is 23.2 Å². The van der Waals surface area contributed by atoms with Crippen LogP contribution in [0, 0.1) is 5.82 Å². The number of hydrogen-bond acceptors (Lipinski definition) is 5. The number of halogens is 1. The molecule has 0 bridgehead atoms. The van der Waals surface area contributed by atoms with Crippen molar-refractivity contribution in [1.82, 2.24) is 9.80 Å². The zero-order chi connectivity index (χ0) is 22.8. The minimum atomic E-state index is -0.388. The summed E-state index contributed by atoms with van der Waals surface area (Å²) in [7, 11) is 1.61. The molecule has 0 saturated carbocycles. The second kappa shape index (κ2) is 8.82. The van der Waals surface area contributed by atoms with Crippen LogP contribution in [0.25, 0.3) is 0 Å². The minimum Gasteiger partial charge on any atom is -0.493 e. The van der Waals surface area contributed by atoms with Gasteiger partial charge in [0.15, 0.2) is 17.2 Å². The number of anilines is 1. The summed E-state index contributed by atoms with van der Waals surface area (Å²) in [5, 5.41) is 2.76. The third-order valence-electron chi connectivity index (χ3n) is 5.69. The Morgan fingerprint density at radius 1 is 1.03 bits per heavy atom. The van der Waals surface area contributed by atoms with Gasteiger partial charge in [-0.1, -0.05) is 24.3 Å². The lowest BCUT2D eigenvalue weighted by molar-refractivity contribution is 0.181. The van der Waals surface area contributed by atoms with E-state index in [0.29, 0.717) is 49.1 Å². The molecular formula is C25H23FN4O3. The molecule has 3 aromatic rings. The van der Waals surface area contributed by atoms with Crippen molar-refractivity contribution in [2.24, 2.45) is 4.99 Å². The highest BCUT2D eigenvalue weighted by Crippen LogP contribution is 2.42. The predicted molar refractivity (Wildman–Crippen MR) is 124 cm³/mol. The van der Waals surface area contributed by atoms with E-state index in [1.54, 1.807) is 24.1 Å². The second-order valence-corrected chi connectivity index (χ2v) is 7.76. The zero-order valence-corrected chi connectivity index (χ0v) is 18.1. The van der Waals surface area contributed by atoms with Crippen molar-refractivity contribution in [1.29, 1.82) is 0 Å². The number of piperazine rings is 1. The van der Waals surface area contributed by atoms with E-state index in [0.717, 1.165) is 17.1 Å². The summed E-state index contributed by atoms with van der Waals surface area (Å²) in [5.41, 5.74) is 2.01. The van der Waals surface area contributed by atoms with Crippen LogP contribution >= 0.6 is 0 Å². The van der Waals surface area contributed by atoms with Crippen LogP contribution < -0.4 is 14.8 Å². The maximum absolute atomic E-state index is 13.4. The number of amidine groups is 1. The Morgan fingerprint density at radius 2 is 1.82 bits per heavy atom. The van der Waals surface area contributed by atoms with Crippen molar-refractivity contribution in [3.8, 4) is 17.2 Å². The first kappa shape index (κ1) is 20.8. The Labute approximate surface area is 191 Å². The standard InChI is InChI=1S/C25H23FN4O3/c1-32-22-11-5-8-19-23(22)33-21-10-3-2-9-20(21)28-24(19)29-12-14-30(15-13-29)25(31)27-18-7-4-6-17(26)16-18/h2-11,16H,12-15H2,1H3,(H,27,31). The van der Waals surface area contributed by atoms with E-state index in [1.807, 2.05) is 42.5 Å².